The summed E-state index contributed by atoms with van der Waals surface area (Å²) >= 11 is 0. The highest BCUT2D eigenvalue weighted by atomic mass is 19.3. The maximum atomic E-state index is 13.7. The predicted octanol–water partition coefficient (Wildman–Crippen LogP) is 3.78. The lowest BCUT2D eigenvalue weighted by Gasteiger charge is -2.32. The highest BCUT2D eigenvalue weighted by molar-refractivity contribution is 5.71. The molecule has 0 radical (unpaired) electrons. The topological polar surface area (TPSA) is 48.5 Å². The van der Waals surface area contributed by atoms with Crippen LogP contribution in [0.1, 0.15) is 31.0 Å². The molecule has 0 aromatic carbocycles. The second-order valence-corrected chi connectivity index (χ2v) is 7.42. The number of hydrogen-bond acceptors (Lipinski definition) is 5. The summed E-state index contributed by atoms with van der Waals surface area (Å²) in [6.07, 6.45) is 10.1. The molecule has 5 nitrogen and oxygen atoms in total. The van der Waals surface area contributed by atoms with Gasteiger partial charge in [-0.2, -0.15) is 0 Å². The molecule has 0 amide bonds. The SMILES string of the molecule is CNC(/C=C\N(C)c1ccnc(C)c1/C=C(\C)CN1CCCC(F)(F)C1)=C/C=O. The molecule has 158 valence electrons. The van der Waals surface area contributed by atoms with Gasteiger partial charge in [0.15, 0.2) is 0 Å². The molecule has 1 N–H and O–H groups in total. The Balaban J connectivity index is 2.22. The molecule has 1 aromatic heterocycles. The number of allylic oxidation sites excluding steroid dienone is 2. The van der Waals surface area contributed by atoms with Gasteiger partial charge in [-0.25, -0.2) is 8.78 Å². The molecule has 0 spiro atoms. The van der Waals surface area contributed by atoms with Gasteiger partial charge in [-0.3, -0.25) is 14.7 Å². The van der Waals surface area contributed by atoms with E-state index >= 15 is 0 Å². The van der Waals surface area contributed by atoms with Crippen molar-refractivity contribution in [3.63, 3.8) is 0 Å². The predicted molar refractivity (Wildman–Crippen MR) is 114 cm³/mol. The molecular weight excluding hydrogens is 374 g/mol. The lowest BCUT2D eigenvalue weighted by atomic mass is 10.0. The van der Waals surface area contributed by atoms with Crippen LogP contribution >= 0.6 is 0 Å². The summed E-state index contributed by atoms with van der Waals surface area (Å²) in [6, 6.07) is 1.91. The average Bonchev–Trinajstić information content (AvgIpc) is 2.65. The molecule has 29 heavy (non-hydrogen) atoms. The van der Waals surface area contributed by atoms with E-state index in [0.717, 1.165) is 28.8 Å². The molecule has 7 heteroatoms. The zero-order valence-corrected chi connectivity index (χ0v) is 17.6. The monoisotopic (exact) mass is 404 g/mol. The number of aromatic nitrogens is 1. The molecule has 0 atom stereocenters. The molecule has 0 bridgehead atoms. The number of nitrogens with zero attached hydrogens (tertiary/aromatic N) is 3. The number of likely N-dealkylation sites (N-methyl/N-ethyl adjacent to an activating group) is 1. The van der Waals surface area contributed by atoms with Crippen LogP contribution < -0.4 is 10.2 Å². The lowest BCUT2D eigenvalue weighted by Crippen LogP contribution is -2.43. The number of carbonyl (C=O) groups is 1. The number of anilines is 1. The van der Waals surface area contributed by atoms with Crippen molar-refractivity contribution in [3.05, 3.63) is 53.1 Å². The molecule has 1 aromatic rings. The van der Waals surface area contributed by atoms with Crippen LogP contribution in [0.25, 0.3) is 6.08 Å². The highest BCUT2D eigenvalue weighted by Crippen LogP contribution is 2.28. The molecule has 1 fully saturated rings. The third-order valence-electron chi connectivity index (χ3n) is 4.90. The number of hydrogen-bond donors (Lipinski definition) is 1. The largest absolute Gasteiger partial charge is 0.388 e. The van der Waals surface area contributed by atoms with Crippen molar-refractivity contribution in [2.45, 2.75) is 32.6 Å². The number of nitrogens with one attached hydrogen (secondary N) is 1. The summed E-state index contributed by atoms with van der Waals surface area (Å²) in [6.45, 7) is 4.91. The number of rotatable bonds is 8. The fourth-order valence-corrected chi connectivity index (χ4v) is 3.44. The fraction of sp³-hybridized carbons (Fsp3) is 0.455. The Morgan fingerprint density at radius 1 is 1.45 bits per heavy atom. The first-order chi connectivity index (χ1) is 13.8. The summed E-state index contributed by atoms with van der Waals surface area (Å²) < 4.78 is 27.4. The number of aryl methyl sites for hydroxylation is 1. The van der Waals surface area contributed by atoms with Crippen LogP contribution in [0.15, 0.2) is 41.9 Å². The van der Waals surface area contributed by atoms with Gasteiger partial charge in [0.25, 0.3) is 5.92 Å². The number of pyridine rings is 1. The summed E-state index contributed by atoms with van der Waals surface area (Å²) in [5.74, 6) is -2.60. The molecule has 2 rings (SSSR count). The standard InChI is InChI=1S/C22H30F2N4O/c1-17(15-28-11-5-9-22(23,24)16-28)14-20-18(2)26-10-6-21(20)27(4)12-7-19(25-3)8-13-29/h6-8,10,12-14,25H,5,9,11,15-16H2,1-4H3/b12-7-,17-14+,19-8+. The van der Waals surface area contributed by atoms with Crippen LogP contribution in [0.4, 0.5) is 14.5 Å². The third-order valence-corrected chi connectivity index (χ3v) is 4.90. The number of alkyl halides is 2. The number of aldehydes is 1. The summed E-state index contributed by atoms with van der Waals surface area (Å²) in [5.41, 5.74) is 4.46. The van der Waals surface area contributed by atoms with Crippen molar-refractivity contribution < 1.29 is 13.6 Å². The summed E-state index contributed by atoms with van der Waals surface area (Å²) in [7, 11) is 3.66. The number of piperidine rings is 1. The molecule has 0 unspecified atom stereocenters. The maximum Gasteiger partial charge on any atom is 0.260 e. The van der Waals surface area contributed by atoms with Crippen LogP contribution in [0.3, 0.4) is 0 Å². The Bertz CT molecular complexity index is 802. The van der Waals surface area contributed by atoms with E-state index in [2.05, 4.69) is 10.3 Å². The van der Waals surface area contributed by atoms with Crippen molar-refractivity contribution in [2.75, 3.05) is 38.6 Å². The molecule has 1 saturated heterocycles. The van der Waals surface area contributed by atoms with Crippen molar-refractivity contribution in [3.8, 4) is 0 Å². The van der Waals surface area contributed by atoms with Crippen molar-refractivity contribution >= 4 is 18.0 Å². The Labute approximate surface area is 171 Å². The van der Waals surface area contributed by atoms with Crippen LogP contribution in [0.5, 0.6) is 0 Å². The molecule has 0 saturated carbocycles. The second-order valence-electron chi connectivity index (χ2n) is 7.42. The molecule has 2 heterocycles. The van der Waals surface area contributed by atoms with Gasteiger partial charge in [-0.15, -0.1) is 0 Å². The van der Waals surface area contributed by atoms with Gasteiger partial charge in [0.1, 0.15) is 6.29 Å². The Kier molecular flexibility index (Phi) is 8.08. The van der Waals surface area contributed by atoms with Gasteiger partial charge < -0.3 is 10.2 Å². The third kappa shape index (κ3) is 6.78. The van der Waals surface area contributed by atoms with E-state index < -0.39 is 5.92 Å². The second kappa shape index (κ2) is 10.3. The number of halogens is 2. The minimum absolute atomic E-state index is 0.0254. The Morgan fingerprint density at radius 2 is 2.21 bits per heavy atom. The minimum atomic E-state index is -2.60. The maximum absolute atomic E-state index is 13.7. The Hall–Kier alpha value is -2.54. The van der Waals surface area contributed by atoms with Gasteiger partial charge in [0.05, 0.1) is 12.2 Å². The lowest BCUT2D eigenvalue weighted by molar-refractivity contribution is -0.104. The van der Waals surface area contributed by atoms with Crippen molar-refractivity contribution in [2.24, 2.45) is 0 Å². The first-order valence-corrected chi connectivity index (χ1v) is 9.73. The van der Waals surface area contributed by atoms with Crippen LogP contribution in [-0.4, -0.2) is 55.8 Å². The number of carbonyl (C=O) groups excluding carboxylic acids is 1. The van der Waals surface area contributed by atoms with E-state index in [9.17, 15) is 13.6 Å². The van der Waals surface area contributed by atoms with Crippen molar-refractivity contribution in [1.82, 2.24) is 15.2 Å². The van der Waals surface area contributed by atoms with Gasteiger partial charge in [0, 0.05) is 62.5 Å². The van der Waals surface area contributed by atoms with Crippen LogP contribution in [0, 0.1) is 6.92 Å². The van der Waals surface area contributed by atoms with Crippen LogP contribution in [0.2, 0.25) is 0 Å². The van der Waals surface area contributed by atoms with Gasteiger partial charge >= 0.3 is 0 Å². The minimum Gasteiger partial charge on any atom is -0.388 e. The van der Waals surface area contributed by atoms with E-state index in [4.69, 9.17) is 0 Å². The van der Waals surface area contributed by atoms with E-state index in [1.165, 1.54) is 6.08 Å². The summed E-state index contributed by atoms with van der Waals surface area (Å²) in [5, 5.41) is 2.95. The normalized spacial score (nSPS) is 18.1. The van der Waals surface area contributed by atoms with Crippen molar-refractivity contribution in [1.29, 1.82) is 0 Å². The first-order valence-electron chi connectivity index (χ1n) is 9.73. The van der Waals surface area contributed by atoms with E-state index in [1.54, 1.807) is 19.3 Å². The average molecular weight is 405 g/mol. The molecule has 0 aliphatic carbocycles. The highest BCUT2D eigenvalue weighted by Gasteiger charge is 2.34. The van der Waals surface area contributed by atoms with E-state index in [-0.39, 0.29) is 13.0 Å². The Morgan fingerprint density at radius 3 is 2.86 bits per heavy atom. The first kappa shape index (κ1) is 22.7. The van der Waals surface area contributed by atoms with Crippen LogP contribution in [-0.2, 0) is 4.79 Å². The molecular formula is C22H30F2N4O. The van der Waals surface area contributed by atoms with E-state index in [0.29, 0.717) is 25.2 Å². The zero-order valence-electron chi connectivity index (χ0n) is 17.6. The van der Waals surface area contributed by atoms with E-state index in [1.807, 2.05) is 49.0 Å². The zero-order chi connectivity index (χ0) is 21.4. The van der Waals surface area contributed by atoms with Gasteiger partial charge in [-0.05, 0) is 39.0 Å². The smallest absolute Gasteiger partial charge is 0.260 e. The number of likely N-dealkylation sites (tertiary alicyclic amines) is 1. The van der Waals surface area contributed by atoms with Gasteiger partial charge in [-0.1, -0.05) is 11.6 Å². The van der Waals surface area contributed by atoms with Gasteiger partial charge in [0.2, 0.25) is 0 Å². The molecule has 1 aliphatic rings. The fourth-order valence-electron chi connectivity index (χ4n) is 3.44. The quantitative estimate of drug-likeness (QED) is 0.406. The summed E-state index contributed by atoms with van der Waals surface area (Å²) in [4.78, 5) is 18.8. The molecule has 1 aliphatic heterocycles.